The second kappa shape index (κ2) is 7.14. The van der Waals surface area contributed by atoms with E-state index in [0.29, 0.717) is 17.0 Å². The van der Waals surface area contributed by atoms with Crippen molar-refractivity contribution in [2.45, 2.75) is 51.9 Å². The molecular formula is C21H27N5O2. The van der Waals surface area contributed by atoms with Gasteiger partial charge in [-0.3, -0.25) is 0 Å². The van der Waals surface area contributed by atoms with Gasteiger partial charge in [0.2, 0.25) is 5.95 Å². The van der Waals surface area contributed by atoms with Crippen molar-refractivity contribution in [3.8, 4) is 0 Å². The van der Waals surface area contributed by atoms with E-state index in [2.05, 4.69) is 21.9 Å². The lowest BCUT2D eigenvalue weighted by atomic mass is 9.81. The molecule has 0 fully saturated rings. The number of carboxylic acids is 1. The molecule has 0 aliphatic heterocycles. The maximum absolute atomic E-state index is 11.6. The summed E-state index contributed by atoms with van der Waals surface area (Å²) in [6.45, 7) is 8.24. The summed E-state index contributed by atoms with van der Waals surface area (Å²) in [6, 6.07) is 5.66. The topological polar surface area (TPSA) is 131 Å². The number of aromatic nitrogens is 3. The van der Waals surface area contributed by atoms with Crippen molar-refractivity contribution in [1.29, 1.82) is 0 Å². The minimum atomic E-state index is -0.891. The highest BCUT2D eigenvalue weighted by atomic mass is 16.4. The van der Waals surface area contributed by atoms with Crippen LogP contribution >= 0.6 is 0 Å². The molecule has 1 aromatic carbocycles. The van der Waals surface area contributed by atoms with Gasteiger partial charge in [-0.2, -0.15) is 9.97 Å². The Hall–Kier alpha value is -3.09. The number of aromatic carboxylic acids is 1. The van der Waals surface area contributed by atoms with Gasteiger partial charge in [-0.05, 0) is 46.9 Å². The van der Waals surface area contributed by atoms with E-state index < -0.39 is 5.97 Å². The van der Waals surface area contributed by atoms with Crippen molar-refractivity contribution < 1.29 is 9.90 Å². The zero-order chi connectivity index (χ0) is 20.6. The fourth-order valence-electron chi connectivity index (χ4n) is 3.56. The van der Waals surface area contributed by atoms with E-state index in [0.717, 1.165) is 34.9 Å². The summed E-state index contributed by atoms with van der Waals surface area (Å²) in [5, 5.41) is 10.3. The maximum Gasteiger partial charge on any atom is 0.335 e. The highest BCUT2D eigenvalue weighted by Crippen LogP contribution is 2.32. The van der Waals surface area contributed by atoms with E-state index in [1.54, 1.807) is 6.07 Å². The molecule has 0 saturated heterocycles. The quantitative estimate of drug-likeness (QED) is 0.531. The van der Waals surface area contributed by atoms with Gasteiger partial charge in [0, 0.05) is 6.20 Å². The number of anilines is 2. The van der Waals surface area contributed by atoms with Gasteiger partial charge in [0.15, 0.2) is 0 Å². The normalized spacial score (nSPS) is 13.0. The number of benzene rings is 1. The summed E-state index contributed by atoms with van der Waals surface area (Å²) in [7, 11) is 0. The minimum absolute atomic E-state index is 0.153. The minimum Gasteiger partial charge on any atom is -0.478 e. The van der Waals surface area contributed by atoms with Crippen molar-refractivity contribution in [3.63, 3.8) is 0 Å². The van der Waals surface area contributed by atoms with Crippen LogP contribution in [-0.4, -0.2) is 26.0 Å². The molecule has 0 aliphatic carbocycles. The summed E-state index contributed by atoms with van der Waals surface area (Å²) in [6.07, 6.45) is 3.58. The Morgan fingerprint density at radius 2 is 1.96 bits per heavy atom. The predicted molar refractivity (Wildman–Crippen MR) is 112 cm³/mol. The smallest absolute Gasteiger partial charge is 0.335 e. The van der Waals surface area contributed by atoms with Crippen LogP contribution in [0.1, 0.15) is 67.1 Å². The van der Waals surface area contributed by atoms with Crippen molar-refractivity contribution in [1.82, 2.24) is 15.0 Å². The molecule has 3 rings (SSSR count). The van der Waals surface area contributed by atoms with E-state index >= 15 is 0 Å². The van der Waals surface area contributed by atoms with Crippen molar-refractivity contribution in [2.24, 2.45) is 0 Å². The predicted octanol–water partition coefficient (Wildman–Crippen LogP) is 3.85. The Morgan fingerprint density at radius 1 is 1.25 bits per heavy atom. The number of rotatable bonds is 5. The van der Waals surface area contributed by atoms with Crippen LogP contribution in [0, 0.1) is 0 Å². The van der Waals surface area contributed by atoms with Gasteiger partial charge >= 0.3 is 5.97 Å². The molecule has 0 amide bonds. The van der Waals surface area contributed by atoms with Gasteiger partial charge in [-0.1, -0.05) is 39.8 Å². The Bertz CT molecular complexity index is 1030. The molecule has 1 unspecified atom stereocenters. The first kappa shape index (κ1) is 19.7. The fourth-order valence-corrected chi connectivity index (χ4v) is 3.56. The summed E-state index contributed by atoms with van der Waals surface area (Å²) >= 11 is 0. The number of nitrogens with one attached hydrogen (secondary N) is 1. The first-order chi connectivity index (χ1) is 13.1. The molecule has 3 aromatic rings. The van der Waals surface area contributed by atoms with Gasteiger partial charge in [-0.15, -0.1) is 0 Å². The Morgan fingerprint density at radius 3 is 2.61 bits per heavy atom. The SMILES string of the molecule is CC(CCc1c[nH]c2nc(N)nc(N)c12)c1ccc(C(=O)O)c(C(C)(C)C)c1. The van der Waals surface area contributed by atoms with E-state index in [1.165, 1.54) is 0 Å². The van der Waals surface area contributed by atoms with Crippen molar-refractivity contribution >= 4 is 28.8 Å². The number of nitrogens with zero attached hydrogens (tertiary/aromatic N) is 2. The first-order valence-corrected chi connectivity index (χ1v) is 9.34. The second-order valence-corrected chi connectivity index (χ2v) is 8.30. The largest absolute Gasteiger partial charge is 0.478 e. The molecule has 0 spiro atoms. The van der Waals surface area contributed by atoms with E-state index in [-0.39, 0.29) is 17.3 Å². The van der Waals surface area contributed by atoms with Crippen LogP contribution in [0.3, 0.4) is 0 Å². The van der Waals surface area contributed by atoms with Crippen LogP contribution < -0.4 is 11.5 Å². The molecule has 0 bridgehead atoms. The van der Waals surface area contributed by atoms with Crippen molar-refractivity contribution in [2.75, 3.05) is 11.5 Å². The number of nitrogens with two attached hydrogens (primary N) is 2. The summed E-state index contributed by atoms with van der Waals surface area (Å²) in [4.78, 5) is 22.9. The molecule has 6 N–H and O–H groups in total. The third kappa shape index (κ3) is 3.78. The van der Waals surface area contributed by atoms with E-state index in [4.69, 9.17) is 11.5 Å². The number of hydrogen-bond donors (Lipinski definition) is 4. The molecule has 0 aliphatic rings. The molecule has 0 radical (unpaired) electrons. The summed E-state index contributed by atoms with van der Waals surface area (Å²) in [5.41, 5.74) is 15.5. The number of H-pyrrole nitrogens is 1. The van der Waals surface area contributed by atoms with Gasteiger partial charge in [0.05, 0.1) is 10.9 Å². The Labute approximate surface area is 164 Å². The van der Waals surface area contributed by atoms with Gasteiger partial charge in [0.25, 0.3) is 0 Å². The number of aromatic amines is 1. The number of fused-ring (bicyclic) bond motifs is 1. The van der Waals surface area contributed by atoms with Crippen LogP contribution in [0.5, 0.6) is 0 Å². The Balaban J connectivity index is 1.84. The van der Waals surface area contributed by atoms with Gasteiger partial charge in [-0.25, -0.2) is 4.79 Å². The number of carboxylic acid groups (broad SMARTS) is 1. The molecule has 28 heavy (non-hydrogen) atoms. The molecular weight excluding hydrogens is 354 g/mol. The molecule has 2 aromatic heterocycles. The van der Waals surface area contributed by atoms with Crippen LogP contribution in [0.2, 0.25) is 0 Å². The zero-order valence-corrected chi connectivity index (χ0v) is 16.7. The third-order valence-corrected chi connectivity index (χ3v) is 5.16. The first-order valence-electron chi connectivity index (χ1n) is 9.34. The average molecular weight is 381 g/mol. The number of carbonyl (C=O) groups is 1. The highest BCUT2D eigenvalue weighted by Gasteiger charge is 2.23. The summed E-state index contributed by atoms with van der Waals surface area (Å²) in [5.74, 6) is -0.102. The molecule has 0 saturated carbocycles. The lowest BCUT2D eigenvalue weighted by molar-refractivity contribution is 0.0694. The van der Waals surface area contributed by atoms with Gasteiger partial charge in [0.1, 0.15) is 11.5 Å². The molecule has 2 heterocycles. The zero-order valence-electron chi connectivity index (χ0n) is 16.7. The monoisotopic (exact) mass is 381 g/mol. The van der Waals surface area contributed by atoms with Crippen LogP contribution in [0.15, 0.2) is 24.4 Å². The molecule has 7 heteroatoms. The van der Waals surface area contributed by atoms with E-state index in [1.807, 2.05) is 39.1 Å². The van der Waals surface area contributed by atoms with Crippen molar-refractivity contribution in [3.05, 3.63) is 46.6 Å². The fraction of sp³-hybridized carbons (Fsp3) is 0.381. The van der Waals surface area contributed by atoms with Crippen LogP contribution in [0.4, 0.5) is 11.8 Å². The number of aryl methyl sites for hydroxylation is 1. The number of hydrogen-bond acceptors (Lipinski definition) is 5. The third-order valence-electron chi connectivity index (χ3n) is 5.16. The molecule has 148 valence electrons. The lowest BCUT2D eigenvalue weighted by Gasteiger charge is -2.24. The molecule has 1 atom stereocenters. The van der Waals surface area contributed by atoms with Crippen LogP contribution in [0.25, 0.3) is 11.0 Å². The van der Waals surface area contributed by atoms with Gasteiger partial charge < -0.3 is 21.6 Å². The lowest BCUT2D eigenvalue weighted by Crippen LogP contribution is -2.17. The molecule has 7 nitrogen and oxygen atoms in total. The number of nitrogen functional groups attached to an aromatic ring is 2. The van der Waals surface area contributed by atoms with E-state index in [9.17, 15) is 9.90 Å². The second-order valence-electron chi connectivity index (χ2n) is 8.30. The Kier molecular flexibility index (Phi) is 5.02. The average Bonchev–Trinajstić information content (AvgIpc) is 3.01. The standard InChI is InChI=1S/C21H27N5O2/c1-11(12-7-8-14(19(27)28)15(9-12)21(2,3)4)5-6-13-10-24-18-16(13)17(22)25-20(23)26-18/h7-11H,5-6H2,1-4H3,(H,27,28)(H5,22,23,24,25,26). The summed E-state index contributed by atoms with van der Waals surface area (Å²) < 4.78 is 0. The highest BCUT2D eigenvalue weighted by molar-refractivity contribution is 5.90. The maximum atomic E-state index is 11.6. The van der Waals surface area contributed by atoms with Crippen LogP contribution in [-0.2, 0) is 11.8 Å².